The fraction of sp³-hybridized carbons (Fsp3) is 0.579. The molecule has 2 amide bonds. The van der Waals surface area contributed by atoms with Crippen molar-refractivity contribution in [3.63, 3.8) is 0 Å². The van der Waals surface area contributed by atoms with Gasteiger partial charge >= 0.3 is 0 Å². The molecular formula is C19H25ClN2O2. The van der Waals surface area contributed by atoms with Crippen molar-refractivity contribution in [3.8, 4) is 0 Å². The summed E-state index contributed by atoms with van der Waals surface area (Å²) in [5.74, 6) is 0.245. The maximum Gasteiger partial charge on any atom is 0.228 e. The lowest BCUT2D eigenvalue weighted by molar-refractivity contribution is -0.135. The Morgan fingerprint density at radius 2 is 2.00 bits per heavy atom. The molecule has 0 radical (unpaired) electrons. The number of amides is 2. The quantitative estimate of drug-likeness (QED) is 0.903. The van der Waals surface area contributed by atoms with E-state index in [1.165, 1.54) is 6.42 Å². The van der Waals surface area contributed by atoms with Crippen LogP contribution in [0.4, 0.5) is 5.69 Å². The molecule has 0 bridgehead atoms. The van der Waals surface area contributed by atoms with E-state index in [4.69, 9.17) is 11.6 Å². The highest BCUT2D eigenvalue weighted by atomic mass is 35.5. The zero-order valence-electron chi connectivity index (χ0n) is 14.6. The molecule has 130 valence electrons. The lowest BCUT2D eigenvalue weighted by Gasteiger charge is -2.31. The second-order valence-electron chi connectivity index (χ2n) is 7.41. The zero-order valence-corrected chi connectivity index (χ0v) is 15.3. The van der Waals surface area contributed by atoms with Crippen LogP contribution in [0, 0.1) is 31.6 Å². The number of nitrogens with one attached hydrogen (secondary N) is 1. The number of nitrogens with zero attached hydrogens (tertiary/aromatic N) is 1. The Bertz CT molecular complexity index is 650. The predicted molar refractivity (Wildman–Crippen MR) is 96.1 cm³/mol. The molecule has 1 saturated carbocycles. The highest BCUT2D eigenvalue weighted by Gasteiger charge is 2.49. The number of rotatable bonds is 3. The number of carbonyl (C=O) groups excluding carboxylic acids is 2. The SMILES string of the molecule is Cc1cc(C)c(NC(=O)C2CC2C(=O)N2CCCC(C)C2)c(Cl)c1. The molecule has 0 aromatic heterocycles. The Morgan fingerprint density at radius 1 is 1.25 bits per heavy atom. The third-order valence-electron chi connectivity index (χ3n) is 5.09. The Balaban J connectivity index is 1.61. The number of hydrogen-bond acceptors (Lipinski definition) is 2. The van der Waals surface area contributed by atoms with Crippen molar-refractivity contribution in [1.82, 2.24) is 4.90 Å². The van der Waals surface area contributed by atoms with Gasteiger partial charge in [-0.25, -0.2) is 0 Å². The smallest absolute Gasteiger partial charge is 0.228 e. The highest BCUT2D eigenvalue weighted by Crippen LogP contribution is 2.42. The standard InChI is InChI=1S/C19H25ClN2O2/c1-11-5-4-6-22(10-11)19(24)15-9-14(15)18(23)21-17-13(3)7-12(2)8-16(17)20/h7-8,11,14-15H,4-6,9-10H2,1-3H3,(H,21,23). The van der Waals surface area contributed by atoms with Gasteiger partial charge in [0.05, 0.1) is 22.5 Å². The van der Waals surface area contributed by atoms with Gasteiger partial charge in [0.1, 0.15) is 0 Å². The molecule has 0 spiro atoms. The van der Waals surface area contributed by atoms with Gasteiger partial charge in [0.25, 0.3) is 0 Å². The van der Waals surface area contributed by atoms with Crippen LogP contribution in [0.2, 0.25) is 5.02 Å². The lowest BCUT2D eigenvalue weighted by Crippen LogP contribution is -2.40. The van der Waals surface area contributed by atoms with E-state index in [0.717, 1.165) is 30.6 Å². The van der Waals surface area contributed by atoms with Crippen LogP contribution in [-0.2, 0) is 9.59 Å². The molecule has 1 aliphatic heterocycles. The van der Waals surface area contributed by atoms with Crippen LogP contribution in [0.15, 0.2) is 12.1 Å². The first-order chi connectivity index (χ1) is 11.4. The molecule has 2 fully saturated rings. The number of likely N-dealkylation sites (tertiary alicyclic amines) is 1. The van der Waals surface area contributed by atoms with Crippen LogP contribution in [-0.4, -0.2) is 29.8 Å². The summed E-state index contributed by atoms with van der Waals surface area (Å²) in [7, 11) is 0. The normalized spacial score (nSPS) is 26.2. The summed E-state index contributed by atoms with van der Waals surface area (Å²) in [5, 5.41) is 3.47. The van der Waals surface area contributed by atoms with Gasteiger partial charge in [0, 0.05) is 13.1 Å². The molecule has 3 unspecified atom stereocenters. The molecule has 1 N–H and O–H groups in total. The van der Waals surface area contributed by atoms with Crippen molar-refractivity contribution in [1.29, 1.82) is 0 Å². The van der Waals surface area contributed by atoms with Crippen LogP contribution in [0.25, 0.3) is 0 Å². The number of piperidine rings is 1. The van der Waals surface area contributed by atoms with E-state index < -0.39 is 0 Å². The van der Waals surface area contributed by atoms with Crippen molar-refractivity contribution >= 4 is 29.1 Å². The molecule has 4 nitrogen and oxygen atoms in total. The fourth-order valence-corrected chi connectivity index (χ4v) is 4.04. The number of aryl methyl sites for hydroxylation is 2. The minimum Gasteiger partial charge on any atom is -0.342 e. The maximum atomic E-state index is 12.6. The molecule has 5 heteroatoms. The van der Waals surface area contributed by atoms with Gasteiger partial charge in [0.2, 0.25) is 11.8 Å². The molecule has 1 heterocycles. The second-order valence-corrected chi connectivity index (χ2v) is 7.82. The molecular weight excluding hydrogens is 324 g/mol. The van der Waals surface area contributed by atoms with Gasteiger partial charge in [0.15, 0.2) is 0 Å². The first-order valence-corrected chi connectivity index (χ1v) is 9.11. The Labute approximate surface area is 148 Å². The summed E-state index contributed by atoms with van der Waals surface area (Å²) in [6, 6.07) is 3.83. The molecule has 3 atom stereocenters. The summed E-state index contributed by atoms with van der Waals surface area (Å²) in [6.07, 6.45) is 2.90. The van der Waals surface area contributed by atoms with E-state index in [0.29, 0.717) is 23.0 Å². The van der Waals surface area contributed by atoms with Gasteiger partial charge in [-0.2, -0.15) is 0 Å². The first kappa shape index (κ1) is 17.3. The van der Waals surface area contributed by atoms with E-state index in [1.54, 1.807) is 0 Å². The first-order valence-electron chi connectivity index (χ1n) is 8.73. The second kappa shape index (κ2) is 6.75. The van der Waals surface area contributed by atoms with Crippen molar-refractivity contribution < 1.29 is 9.59 Å². The Morgan fingerprint density at radius 3 is 2.67 bits per heavy atom. The molecule has 1 aromatic rings. The van der Waals surface area contributed by atoms with Crippen LogP contribution >= 0.6 is 11.6 Å². The maximum absolute atomic E-state index is 12.6. The number of benzene rings is 1. The third kappa shape index (κ3) is 3.59. The molecule has 1 saturated heterocycles. The number of anilines is 1. The molecule has 1 aliphatic carbocycles. The van der Waals surface area contributed by atoms with E-state index in [9.17, 15) is 9.59 Å². The average molecular weight is 349 g/mol. The van der Waals surface area contributed by atoms with E-state index in [2.05, 4.69) is 12.2 Å². The summed E-state index contributed by atoms with van der Waals surface area (Å²) < 4.78 is 0. The minimum absolute atomic E-state index is 0.0905. The van der Waals surface area contributed by atoms with Crippen molar-refractivity contribution in [2.24, 2.45) is 17.8 Å². The van der Waals surface area contributed by atoms with Gasteiger partial charge in [-0.05, 0) is 56.2 Å². The molecule has 2 aliphatic rings. The summed E-state index contributed by atoms with van der Waals surface area (Å²) in [6.45, 7) is 7.74. The third-order valence-corrected chi connectivity index (χ3v) is 5.39. The monoisotopic (exact) mass is 348 g/mol. The molecule has 24 heavy (non-hydrogen) atoms. The van der Waals surface area contributed by atoms with Gasteiger partial charge in [-0.15, -0.1) is 0 Å². The van der Waals surface area contributed by atoms with E-state index in [1.807, 2.05) is 30.9 Å². The fourth-order valence-electron chi connectivity index (χ4n) is 3.67. The number of carbonyl (C=O) groups is 2. The predicted octanol–water partition coefficient (Wildman–Crippen LogP) is 3.79. The summed E-state index contributed by atoms with van der Waals surface area (Å²) >= 11 is 6.25. The van der Waals surface area contributed by atoms with Crippen molar-refractivity contribution in [3.05, 3.63) is 28.3 Å². The van der Waals surface area contributed by atoms with E-state index >= 15 is 0 Å². The number of hydrogen-bond donors (Lipinski definition) is 1. The van der Waals surface area contributed by atoms with Crippen LogP contribution < -0.4 is 5.32 Å². The molecule has 3 rings (SSSR count). The van der Waals surface area contributed by atoms with Crippen LogP contribution in [0.3, 0.4) is 0 Å². The van der Waals surface area contributed by atoms with Crippen molar-refractivity contribution in [2.75, 3.05) is 18.4 Å². The summed E-state index contributed by atoms with van der Waals surface area (Å²) in [5.41, 5.74) is 2.67. The van der Waals surface area contributed by atoms with Crippen molar-refractivity contribution in [2.45, 2.75) is 40.0 Å². The Hall–Kier alpha value is -1.55. The summed E-state index contributed by atoms with van der Waals surface area (Å²) in [4.78, 5) is 27.0. The van der Waals surface area contributed by atoms with E-state index in [-0.39, 0.29) is 23.7 Å². The average Bonchev–Trinajstić information content (AvgIpc) is 3.30. The topological polar surface area (TPSA) is 49.4 Å². The highest BCUT2D eigenvalue weighted by molar-refractivity contribution is 6.34. The Kier molecular flexibility index (Phi) is 4.86. The van der Waals surface area contributed by atoms with Gasteiger partial charge in [-0.1, -0.05) is 24.6 Å². The number of halogens is 1. The largest absolute Gasteiger partial charge is 0.342 e. The molecule has 1 aromatic carbocycles. The zero-order chi connectivity index (χ0) is 17.4. The van der Waals surface area contributed by atoms with Crippen LogP contribution in [0.1, 0.15) is 37.3 Å². The van der Waals surface area contributed by atoms with Gasteiger partial charge < -0.3 is 10.2 Å². The van der Waals surface area contributed by atoms with Gasteiger partial charge in [-0.3, -0.25) is 9.59 Å². The lowest BCUT2D eigenvalue weighted by atomic mass is 10.00. The minimum atomic E-state index is -0.216. The van der Waals surface area contributed by atoms with Crippen LogP contribution in [0.5, 0.6) is 0 Å².